The van der Waals surface area contributed by atoms with Crippen molar-refractivity contribution in [2.24, 2.45) is 0 Å². The molecule has 1 fully saturated rings. The van der Waals surface area contributed by atoms with E-state index in [2.05, 4.69) is 11.6 Å². The van der Waals surface area contributed by atoms with Crippen LogP contribution >= 0.6 is 11.8 Å². The van der Waals surface area contributed by atoms with Gasteiger partial charge in [0.25, 0.3) is 0 Å². The van der Waals surface area contributed by atoms with Gasteiger partial charge in [0.15, 0.2) is 0 Å². The highest BCUT2D eigenvalue weighted by Gasteiger charge is 2.45. The van der Waals surface area contributed by atoms with Crippen LogP contribution in [-0.4, -0.2) is 52.5 Å². The molecule has 3 rings (SSSR count). The van der Waals surface area contributed by atoms with E-state index in [4.69, 9.17) is 4.74 Å². The summed E-state index contributed by atoms with van der Waals surface area (Å²) in [6.45, 7) is 8.00. The molecule has 8 heteroatoms. The second kappa shape index (κ2) is 8.24. The third-order valence-electron chi connectivity index (χ3n) is 4.64. The van der Waals surface area contributed by atoms with Crippen molar-refractivity contribution in [3.63, 3.8) is 0 Å². The van der Waals surface area contributed by atoms with Crippen LogP contribution in [0.4, 0.5) is 0 Å². The number of hydrogen-bond donors (Lipinski definition) is 1. The Morgan fingerprint density at radius 1 is 1.25 bits per heavy atom. The first-order chi connectivity index (χ1) is 13.3. The van der Waals surface area contributed by atoms with Gasteiger partial charge in [-0.1, -0.05) is 6.58 Å². The number of aliphatic hydroxyl groups excluding tert-OH is 1. The van der Waals surface area contributed by atoms with Crippen molar-refractivity contribution >= 4 is 21.8 Å². The highest BCUT2D eigenvalue weighted by Crippen LogP contribution is 2.41. The van der Waals surface area contributed by atoms with E-state index in [1.807, 2.05) is 13.8 Å². The third-order valence-corrected chi connectivity index (χ3v) is 7.87. The summed E-state index contributed by atoms with van der Waals surface area (Å²) in [4.78, 5) is 4.12. The molecule has 1 aromatic heterocycles. The van der Waals surface area contributed by atoms with Gasteiger partial charge in [-0.05, 0) is 55.8 Å². The zero-order valence-electron chi connectivity index (χ0n) is 15.9. The van der Waals surface area contributed by atoms with Gasteiger partial charge in [-0.3, -0.25) is 4.98 Å². The molecule has 0 radical (unpaired) electrons. The van der Waals surface area contributed by atoms with E-state index >= 15 is 0 Å². The molecule has 0 aliphatic carbocycles. The number of ether oxygens (including phenoxy) is 1. The summed E-state index contributed by atoms with van der Waals surface area (Å²) in [5.74, 6) is 1.85. The zero-order valence-corrected chi connectivity index (χ0v) is 17.5. The van der Waals surface area contributed by atoms with Crippen LogP contribution in [0, 0.1) is 0 Å². The molecule has 0 spiro atoms. The van der Waals surface area contributed by atoms with Gasteiger partial charge < -0.3 is 9.84 Å². The highest BCUT2D eigenvalue weighted by atomic mass is 32.2. The van der Waals surface area contributed by atoms with E-state index < -0.39 is 16.1 Å². The van der Waals surface area contributed by atoms with Gasteiger partial charge in [0, 0.05) is 29.4 Å². The molecule has 0 bridgehead atoms. The van der Waals surface area contributed by atoms with Crippen LogP contribution in [-0.2, 0) is 10.0 Å². The first-order valence-corrected chi connectivity index (χ1v) is 11.3. The van der Waals surface area contributed by atoms with Crippen LogP contribution < -0.4 is 4.74 Å². The molecule has 1 aliphatic heterocycles. The predicted molar refractivity (Wildman–Crippen MR) is 111 cm³/mol. The van der Waals surface area contributed by atoms with E-state index in [9.17, 15) is 13.5 Å². The number of rotatable bonds is 6. The summed E-state index contributed by atoms with van der Waals surface area (Å²) < 4.78 is 33.4. The summed E-state index contributed by atoms with van der Waals surface area (Å²) in [7, 11) is -3.74. The zero-order chi connectivity index (χ0) is 20.4. The molecule has 2 heterocycles. The largest absolute Gasteiger partial charge is 0.457 e. The van der Waals surface area contributed by atoms with E-state index in [1.165, 1.54) is 4.31 Å². The molecule has 1 N–H and O–H groups in total. The first-order valence-electron chi connectivity index (χ1n) is 8.88. The number of aliphatic hydroxyl groups is 1. The summed E-state index contributed by atoms with van der Waals surface area (Å²) in [6, 6.07) is 9.32. The topological polar surface area (TPSA) is 79.7 Å². The molecule has 0 saturated carbocycles. The fourth-order valence-electron chi connectivity index (χ4n) is 3.35. The van der Waals surface area contributed by atoms with Crippen molar-refractivity contribution in [3.05, 3.63) is 60.9 Å². The Labute approximate surface area is 170 Å². The fraction of sp³-hybridized carbons (Fsp3) is 0.350. The van der Waals surface area contributed by atoms with Crippen LogP contribution in [0.1, 0.15) is 13.8 Å². The van der Waals surface area contributed by atoms with Gasteiger partial charge in [-0.2, -0.15) is 16.1 Å². The monoisotopic (exact) mass is 420 g/mol. The lowest BCUT2D eigenvalue weighted by molar-refractivity contribution is 0.262. The number of hydrogen-bond acceptors (Lipinski definition) is 6. The molecule has 1 saturated heterocycles. The summed E-state index contributed by atoms with van der Waals surface area (Å²) >= 11 is 1.69. The van der Waals surface area contributed by atoms with E-state index in [-0.39, 0.29) is 16.2 Å². The van der Waals surface area contributed by atoms with Crippen LogP contribution in [0.2, 0.25) is 0 Å². The summed E-state index contributed by atoms with van der Waals surface area (Å²) in [5.41, 5.74) is 0.499. The molecule has 28 heavy (non-hydrogen) atoms. The van der Waals surface area contributed by atoms with Crippen LogP contribution in [0.15, 0.2) is 65.8 Å². The molecule has 150 valence electrons. The van der Waals surface area contributed by atoms with Crippen LogP contribution in [0.5, 0.6) is 11.5 Å². The third kappa shape index (κ3) is 4.25. The Bertz CT molecular complexity index is 928. The van der Waals surface area contributed by atoms with Crippen LogP contribution in [0.25, 0.3) is 0 Å². The van der Waals surface area contributed by atoms with Gasteiger partial charge >= 0.3 is 0 Å². The van der Waals surface area contributed by atoms with Gasteiger partial charge in [0.2, 0.25) is 10.0 Å². The lowest BCUT2D eigenvalue weighted by Crippen LogP contribution is -2.55. The lowest BCUT2D eigenvalue weighted by Gasteiger charge is -2.45. The number of thioether (sulfide) groups is 1. The molecule has 1 unspecified atom stereocenters. The maximum Gasteiger partial charge on any atom is 0.243 e. The number of nitrogens with zero attached hydrogens (tertiary/aromatic N) is 2. The predicted octanol–water partition coefficient (Wildman–Crippen LogP) is 3.31. The molecule has 1 atom stereocenters. The normalized spacial score (nSPS) is 19.9. The van der Waals surface area contributed by atoms with Crippen molar-refractivity contribution in [2.75, 3.05) is 18.9 Å². The highest BCUT2D eigenvalue weighted by molar-refractivity contribution is 8.00. The van der Waals surface area contributed by atoms with Gasteiger partial charge in [-0.25, -0.2) is 8.42 Å². The Morgan fingerprint density at radius 3 is 2.46 bits per heavy atom. The maximum absolute atomic E-state index is 13.3. The first kappa shape index (κ1) is 20.9. The minimum Gasteiger partial charge on any atom is -0.457 e. The average Bonchev–Trinajstić information content (AvgIpc) is 2.68. The summed E-state index contributed by atoms with van der Waals surface area (Å²) in [5, 5.41) is 9.60. The maximum atomic E-state index is 13.3. The van der Waals surface area contributed by atoms with Gasteiger partial charge in [0.05, 0.1) is 17.5 Å². The lowest BCUT2D eigenvalue weighted by atomic mass is 9.96. The van der Waals surface area contributed by atoms with Gasteiger partial charge in [0.1, 0.15) is 11.5 Å². The number of sulfonamides is 1. The quantitative estimate of drug-likeness (QED) is 0.723. The molecular weight excluding hydrogens is 396 g/mol. The van der Waals surface area contributed by atoms with E-state index in [0.717, 1.165) is 0 Å². The average molecular weight is 421 g/mol. The van der Waals surface area contributed by atoms with Crippen molar-refractivity contribution in [1.29, 1.82) is 0 Å². The van der Waals surface area contributed by atoms with Crippen molar-refractivity contribution in [2.45, 2.75) is 29.5 Å². The minimum atomic E-state index is -3.74. The Hall–Kier alpha value is -1.87. The van der Waals surface area contributed by atoms with Crippen molar-refractivity contribution < 1.29 is 18.3 Å². The smallest absolute Gasteiger partial charge is 0.243 e. The van der Waals surface area contributed by atoms with Gasteiger partial charge in [-0.15, -0.1) is 0 Å². The van der Waals surface area contributed by atoms with E-state index in [0.29, 0.717) is 29.4 Å². The number of aromatic nitrogens is 1. The Kier molecular flexibility index (Phi) is 6.14. The molecule has 0 amide bonds. The Balaban J connectivity index is 1.87. The second-order valence-electron chi connectivity index (χ2n) is 7.04. The molecule has 1 aliphatic rings. The number of benzene rings is 1. The molecule has 2 aromatic rings. The Morgan fingerprint density at radius 2 is 1.86 bits per heavy atom. The SMILES string of the molecule is C=C(CO)C1N(S(=O)(=O)c2ccc(Oc3ccncc3)cc2)CCSC1(C)C. The van der Waals surface area contributed by atoms with Crippen LogP contribution in [0.3, 0.4) is 0 Å². The molecule has 1 aromatic carbocycles. The molecule has 6 nitrogen and oxygen atoms in total. The van der Waals surface area contributed by atoms with Crippen molar-refractivity contribution in [1.82, 2.24) is 9.29 Å². The second-order valence-corrected chi connectivity index (χ2v) is 10.7. The minimum absolute atomic E-state index is 0.188. The standard InChI is InChI=1S/C20H24N2O4S2/c1-15(14-23)19-20(2,3)27-13-12-22(19)28(24,25)18-6-4-16(5-7-18)26-17-8-10-21-11-9-17/h4-11,19,23H,1,12-14H2,2-3H3. The number of pyridine rings is 1. The molecular formula is C20H24N2O4S2. The van der Waals surface area contributed by atoms with Crippen molar-refractivity contribution in [3.8, 4) is 11.5 Å². The fourth-order valence-corrected chi connectivity index (χ4v) is 6.57. The van der Waals surface area contributed by atoms with E-state index in [1.54, 1.807) is 60.6 Å². The summed E-state index contributed by atoms with van der Waals surface area (Å²) in [6.07, 6.45) is 3.25.